The number of ether oxygens (including phenoxy) is 1. The fraction of sp³-hybridized carbons (Fsp3) is 0.250. The highest BCUT2D eigenvalue weighted by Crippen LogP contribution is 2.14. The van der Waals surface area contributed by atoms with Crippen LogP contribution in [-0.4, -0.2) is 16.6 Å². The lowest BCUT2D eigenvalue weighted by molar-refractivity contribution is -0.0498. The summed E-state index contributed by atoms with van der Waals surface area (Å²) < 4.78 is 28.1. The van der Waals surface area contributed by atoms with E-state index in [0.29, 0.717) is 13.1 Å². The molecule has 0 amide bonds. The number of hydrogen-bond acceptors (Lipinski definition) is 3. The van der Waals surface area contributed by atoms with Crippen molar-refractivity contribution in [2.45, 2.75) is 19.7 Å². The molecule has 1 heterocycles. The van der Waals surface area contributed by atoms with Gasteiger partial charge in [0.15, 0.2) is 0 Å². The number of aromatic nitrogens is 2. The monoisotopic (exact) mass is 253 g/mol. The minimum atomic E-state index is -2.78. The standard InChI is InChI=1S/C12H13F2N3O/c13-12(14)18-10-3-1-9(2-4-10)7-15-8-11-16-5-6-17-11/h1-6,12,15H,7-8H2,(H,16,17). The van der Waals surface area contributed by atoms with Crippen LogP contribution in [-0.2, 0) is 13.1 Å². The minimum Gasteiger partial charge on any atom is -0.435 e. The largest absolute Gasteiger partial charge is 0.435 e. The van der Waals surface area contributed by atoms with Gasteiger partial charge in [0, 0.05) is 18.9 Å². The number of nitrogens with one attached hydrogen (secondary N) is 2. The van der Waals surface area contributed by atoms with Crippen LogP contribution in [0.15, 0.2) is 36.7 Å². The van der Waals surface area contributed by atoms with Crippen molar-refractivity contribution in [2.75, 3.05) is 0 Å². The van der Waals surface area contributed by atoms with E-state index in [1.807, 2.05) is 0 Å². The zero-order valence-electron chi connectivity index (χ0n) is 9.57. The molecule has 0 bridgehead atoms. The molecule has 2 rings (SSSR count). The van der Waals surface area contributed by atoms with Crippen LogP contribution in [0.2, 0.25) is 0 Å². The van der Waals surface area contributed by atoms with E-state index in [1.165, 1.54) is 12.1 Å². The zero-order chi connectivity index (χ0) is 12.8. The van der Waals surface area contributed by atoms with Gasteiger partial charge in [-0.1, -0.05) is 12.1 Å². The van der Waals surface area contributed by atoms with Gasteiger partial charge in [-0.05, 0) is 17.7 Å². The van der Waals surface area contributed by atoms with Crippen LogP contribution < -0.4 is 10.1 Å². The molecule has 0 spiro atoms. The number of benzene rings is 1. The van der Waals surface area contributed by atoms with Gasteiger partial charge in [0.25, 0.3) is 0 Å². The third-order valence-electron chi connectivity index (χ3n) is 2.32. The third kappa shape index (κ3) is 3.81. The molecule has 4 nitrogen and oxygen atoms in total. The fourth-order valence-corrected chi connectivity index (χ4v) is 1.51. The van der Waals surface area contributed by atoms with Crippen LogP contribution in [0.3, 0.4) is 0 Å². The summed E-state index contributed by atoms with van der Waals surface area (Å²) in [6.07, 6.45) is 3.45. The van der Waals surface area contributed by atoms with Crippen molar-refractivity contribution >= 4 is 0 Å². The molecule has 2 aromatic rings. The highest BCUT2D eigenvalue weighted by molar-refractivity contribution is 5.27. The minimum absolute atomic E-state index is 0.166. The van der Waals surface area contributed by atoms with Crippen LogP contribution in [0, 0.1) is 0 Å². The Morgan fingerprint density at radius 2 is 2.00 bits per heavy atom. The van der Waals surface area contributed by atoms with E-state index in [4.69, 9.17) is 0 Å². The predicted octanol–water partition coefficient (Wildman–Crippen LogP) is 2.30. The van der Waals surface area contributed by atoms with Gasteiger partial charge in [0.2, 0.25) is 0 Å². The van der Waals surface area contributed by atoms with Crippen LogP contribution in [0.4, 0.5) is 8.78 Å². The van der Waals surface area contributed by atoms with Crippen molar-refractivity contribution in [3.8, 4) is 5.75 Å². The van der Waals surface area contributed by atoms with Crippen LogP contribution in [0.25, 0.3) is 0 Å². The first-order valence-corrected chi connectivity index (χ1v) is 5.47. The molecule has 0 aliphatic carbocycles. The maximum absolute atomic E-state index is 11.9. The summed E-state index contributed by atoms with van der Waals surface area (Å²) in [5.74, 6) is 1.02. The van der Waals surface area contributed by atoms with Gasteiger partial charge in [-0.3, -0.25) is 0 Å². The van der Waals surface area contributed by atoms with E-state index in [9.17, 15) is 8.78 Å². The summed E-state index contributed by atoms with van der Waals surface area (Å²) in [4.78, 5) is 7.05. The Balaban J connectivity index is 1.79. The van der Waals surface area contributed by atoms with Crippen molar-refractivity contribution < 1.29 is 13.5 Å². The smallest absolute Gasteiger partial charge is 0.387 e. The zero-order valence-corrected chi connectivity index (χ0v) is 9.57. The quantitative estimate of drug-likeness (QED) is 0.830. The van der Waals surface area contributed by atoms with Crippen molar-refractivity contribution in [1.29, 1.82) is 0 Å². The molecule has 96 valence electrons. The van der Waals surface area contributed by atoms with Crippen LogP contribution >= 0.6 is 0 Å². The number of hydrogen-bond donors (Lipinski definition) is 2. The molecule has 2 N–H and O–H groups in total. The third-order valence-corrected chi connectivity index (χ3v) is 2.32. The molecule has 0 radical (unpaired) electrons. The number of nitrogens with zero attached hydrogens (tertiary/aromatic N) is 1. The van der Waals surface area contributed by atoms with Crippen molar-refractivity contribution in [3.63, 3.8) is 0 Å². The number of H-pyrrole nitrogens is 1. The lowest BCUT2D eigenvalue weighted by atomic mass is 10.2. The van der Waals surface area contributed by atoms with Gasteiger partial charge < -0.3 is 15.0 Å². The van der Waals surface area contributed by atoms with Gasteiger partial charge in [-0.15, -0.1) is 0 Å². The topological polar surface area (TPSA) is 49.9 Å². The molecule has 18 heavy (non-hydrogen) atoms. The van der Waals surface area contributed by atoms with Gasteiger partial charge in [-0.25, -0.2) is 4.98 Å². The summed E-state index contributed by atoms with van der Waals surface area (Å²) in [7, 11) is 0. The summed E-state index contributed by atoms with van der Waals surface area (Å²) in [6, 6.07) is 6.53. The first-order chi connectivity index (χ1) is 8.74. The Morgan fingerprint density at radius 1 is 1.22 bits per heavy atom. The van der Waals surface area contributed by atoms with E-state index >= 15 is 0 Å². The Bertz CT molecular complexity index is 457. The number of imidazole rings is 1. The predicted molar refractivity (Wildman–Crippen MR) is 62.2 cm³/mol. The highest BCUT2D eigenvalue weighted by atomic mass is 19.3. The lowest BCUT2D eigenvalue weighted by Gasteiger charge is -2.06. The summed E-state index contributed by atoms with van der Waals surface area (Å²) in [5, 5.41) is 3.18. The van der Waals surface area contributed by atoms with E-state index in [1.54, 1.807) is 24.5 Å². The maximum Gasteiger partial charge on any atom is 0.387 e. The Labute approximate surface area is 103 Å². The van der Waals surface area contributed by atoms with Gasteiger partial charge in [-0.2, -0.15) is 8.78 Å². The normalized spacial score (nSPS) is 10.8. The van der Waals surface area contributed by atoms with Crippen LogP contribution in [0.5, 0.6) is 5.75 Å². The molecule has 0 unspecified atom stereocenters. The number of aromatic amines is 1. The summed E-state index contributed by atoms with van der Waals surface area (Å²) in [5.41, 5.74) is 0.989. The Morgan fingerprint density at radius 3 is 2.61 bits per heavy atom. The average Bonchev–Trinajstić information content (AvgIpc) is 2.84. The lowest BCUT2D eigenvalue weighted by Crippen LogP contribution is -2.13. The number of alkyl halides is 2. The van der Waals surface area contributed by atoms with Gasteiger partial charge >= 0.3 is 6.61 Å². The Kier molecular flexibility index (Phi) is 4.25. The summed E-state index contributed by atoms with van der Waals surface area (Å²) >= 11 is 0. The fourth-order valence-electron chi connectivity index (χ4n) is 1.51. The molecule has 1 aromatic carbocycles. The first-order valence-electron chi connectivity index (χ1n) is 5.47. The van der Waals surface area contributed by atoms with Gasteiger partial charge in [0.05, 0.1) is 6.54 Å². The Hall–Kier alpha value is -1.95. The average molecular weight is 253 g/mol. The maximum atomic E-state index is 11.9. The second-order valence-electron chi connectivity index (χ2n) is 3.66. The molecule has 0 fully saturated rings. The van der Waals surface area contributed by atoms with Crippen molar-refractivity contribution in [2.24, 2.45) is 0 Å². The summed E-state index contributed by atoms with van der Waals surface area (Å²) in [6.45, 7) is -1.52. The number of rotatable bonds is 6. The molecule has 0 atom stereocenters. The SMILES string of the molecule is FC(F)Oc1ccc(CNCc2ncc[nH]2)cc1. The van der Waals surface area contributed by atoms with E-state index in [2.05, 4.69) is 20.0 Å². The number of halogens is 2. The van der Waals surface area contributed by atoms with E-state index in [0.717, 1.165) is 11.4 Å². The molecular formula is C12H13F2N3O. The molecule has 0 saturated heterocycles. The molecule has 0 aliphatic heterocycles. The van der Waals surface area contributed by atoms with Crippen LogP contribution in [0.1, 0.15) is 11.4 Å². The second-order valence-corrected chi connectivity index (χ2v) is 3.66. The van der Waals surface area contributed by atoms with E-state index in [-0.39, 0.29) is 5.75 Å². The molecular weight excluding hydrogens is 240 g/mol. The molecule has 6 heteroatoms. The van der Waals surface area contributed by atoms with E-state index < -0.39 is 6.61 Å². The molecule has 0 aliphatic rings. The highest BCUT2D eigenvalue weighted by Gasteiger charge is 2.03. The van der Waals surface area contributed by atoms with Crippen molar-refractivity contribution in [1.82, 2.24) is 15.3 Å². The van der Waals surface area contributed by atoms with Crippen molar-refractivity contribution in [3.05, 3.63) is 48.0 Å². The molecule has 0 saturated carbocycles. The second kappa shape index (κ2) is 6.11. The van der Waals surface area contributed by atoms with Gasteiger partial charge in [0.1, 0.15) is 11.6 Å². The molecule has 1 aromatic heterocycles. The first kappa shape index (κ1) is 12.5.